The molecule has 1 heterocycles. The lowest BCUT2D eigenvalue weighted by Crippen LogP contribution is -2.40. The van der Waals surface area contributed by atoms with Gasteiger partial charge < -0.3 is 0 Å². The van der Waals surface area contributed by atoms with E-state index < -0.39 is 8.07 Å². The molecule has 2 atom stereocenters. The van der Waals surface area contributed by atoms with Crippen molar-refractivity contribution in [2.75, 3.05) is 0 Å². The third kappa shape index (κ3) is 1.23. The van der Waals surface area contributed by atoms with Crippen LogP contribution in [0.3, 0.4) is 0 Å². The molecule has 0 aromatic rings. The summed E-state index contributed by atoms with van der Waals surface area (Å²) in [7, 11) is -1.06. The maximum Gasteiger partial charge on any atom is 0.0700 e. The quantitative estimate of drug-likeness (QED) is 0.489. The second-order valence-electron chi connectivity index (χ2n) is 6.95. The van der Waals surface area contributed by atoms with Crippen LogP contribution >= 0.6 is 0 Å². The van der Waals surface area contributed by atoms with E-state index in [2.05, 4.69) is 55.4 Å². The Balaban J connectivity index is 3.09. The van der Waals surface area contributed by atoms with Gasteiger partial charge in [0.25, 0.3) is 0 Å². The second kappa shape index (κ2) is 2.62. The van der Waals surface area contributed by atoms with Crippen molar-refractivity contribution in [3.05, 3.63) is 0 Å². The summed E-state index contributed by atoms with van der Waals surface area (Å²) in [5.74, 6) is 0. The molecule has 0 saturated carbocycles. The fourth-order valence-corrected chi connectivity index (χ4v) is 14.4. The van der Waals surface area contributed by atoms with Crippen molar-refractivity contribution in [2.45, 2.75) is 76.5 Å². The molecular formula is C12H26Si. The molecule has 0 radical (unpaired) electrons. The van der Waals surface area contributed by atoms with Gasteiger partial charge in [-0.1, -0.05) is 55.4 Å². The number of hydrogen-bond acceptors (Lipinski definition) is 0. The third-order valence-electron chi connectivity index (χ3n) is 4.56. The van der Waals surface area contributed by atoms with Crippen LogP contribution in [0.2, 0.25) is 21.2 Å². The highest BCUT2D eigenvalue weighted by Crippen LogP contribution is 2.77. The van der Waals surface area contributed by atoms with E-state index in [1.807, 2.05) is 0 Å². The third-order valence-corrected chi connectivity index (χ3v) is 13.0. The first-order valence-corrected chi connectivity index (χ1v) is 7.72. The first-order valence-electron chi connectivity index (χ1n) is 5.57. The summed E-state index contributed by atoms with van der Waals surface area (Å²) < 4.78 is 0. The zero-order valence-electron chi connectivity index (χ0n) is 10.7. The van der Waals surface area contributed by atoms with E-state index >= 15 is 0 Å². The fraction of sp³-hybridized carbons (Fsp3) is 1.00. The Morgan fingerprint density at radius 1 is 0.692 bits per heavy atom. The Hall–Kier alpha value is 0.217. The van der Waals surface area contributed by atoms with E-state index in [0.29, 0.717) is 10.1 Å². The minimum absolute atomic E-state index is 0.573. The molecule has 1 aliphatic rings. The molecule has 1 fully saturated rings. The van der Waals surface area contributed by atoms with Crippen molar-refractivity contribution >= 4 is 8.07 Å². The van der Waals surface area contributed by atoms with E-state index in [0.717, 1.165) is 11.1 Å². The molecule has 1 heteroatoms. The van der Waals surface area contributed by atoms with Gasteiger partial charge in [0.2, 0.25) is 0 Å². The first-order chi connectivity index (χ1) is 5.57. The van der Waals surface area contributed by atoms with Crippen molar-refractivity contribution < 1.29 is 0 Å². The Kier molecular flexibility index (Phi) is 2.28. The summed E-state index contributed by atoms with van der Waals surface area (Å²) in [6.45, 7) is 19.7. The van der Waals surface area contributed by atoms with Crippen LogP contribution in [0.1, 0.15) is 55.4 Å². The predicted molar refractivity (Wildman–Crippen MR) is 64.0 cm³/mol. The molecule has 0 aromatic carbocycles. The SMILES string of the molecule is C[C@@H]1[C@H](C)[Si]1(C(C)(C)C)C(C)(C)C. The summed E-state index contributed by atoms with van der Waals surface area (Å²) in [6.07, 6.45) is 0. The molecular weight excluding hydrogens is 172 g/mol. The van der Waals surface area contributed by atoms with Gasteiger partial charge in [-0.3, -0.25) is 0 Å². The number of hydrogen-bond donors (Lipinski definition) is 0. The van der Waals surface area contributed by atoms with Crippen molar-refractivity contribution in [1.82, 2.24) is 0 Å². The lowest BCUT2D eigenvalue weighted by Gasteiger charge is -2.42. The summed E-state index contributed by atoms with van der Waals surface area (Å²) in [5.41, 5.74) is 2.04. The van der Waals surface area contributed by atoms with Gasteiger partial charge in [-0.25, -0.2) is 0 Å². The molecule has 0 nitrogen and oxygen atoms in total. The van der Waals surface area contributed by atoms with Gasteiger partial charge in [-0.2, -0.15) is 0 Å². The molecule has 1 rings (SSSR count). The monoisotopic (exact) mass is 198 g/mol. The molecule has 1 aliphatic heterocycles. The van der Waals surface area contributed by atoms with Gasteiger partial charge in [0.15, 0.2) is 0 Å². The van der Waals surface area contributed by atoms with E-state index in [9.17, 15) is 0 Å². The molecule has 0 spiro atoms. The van der Waals surface area contributed by atoms with Crippen LogP contribution in [0.15, 0.2) is 0 Å². The van der Waals surface area contributed by atoms with Crippen molar-refractivity contribution in [3.8, 4) is 0 Å². The molecule has 1 saturated heterocycles. The lowest BCUT2D eigenvalue weighted by molar-refractivity contribution is 0.632. The van der Waals surface area contributed by atoms with Crippen LogP contribution in [0.5, 0.6) is 0 Å². The minimum Gasteiger partial charge on any atom is -0.0649 e. The van der Waals surface area contributed by atoms with Crippen LogP contribution in [-0.4, -0.2) is 8.07 Å². The van der Waals surface area contributed by atoms with Crippen LogP contribution in [-0.2, 0) is 0 Å². The Labute approximate surface area is 85.1 Å². The maximum atomic E-state index is 2.48. The average Bonchev–Trinajstić information content (AvgIpc) is 2.32. The average molecular weight is 198 g/mol. The predicted octanol–water partition coefficient (Wildman–Crippen LogP) is 4.83. The van der Waals surface area contributed by atoms with Crippen LogP contribution in [0.4, 0.5) is 0 Å². The summed E-state index contributed by atoms with van der Waals surface area (Å²) >= 11 is 0. The van der Waals surface area contributed by atoms with E-state index in [1.54, 1.807) is 0 Å². The van der Waals surface area contributed by atoms with Gasteiger partial charge in [0.05, 0.1) is 8.07 Å². The van der Waals surface area contributed by atoms with Crippen LogP contribution in [0, 0.1) is 0 Å². The minimum atomic E-state index is -1.06. The molecule has 78 valence electrons. The summed E-state index contributed by atoms with van der Waals surface area (Å²) in [4.78, 5) is 0. The molecule has 0 amide bonds. The highest BCUT2D eigenvalue weighted by atomic mass is 28.3. The van der Waals surface area contributed by atoms with Gasteiger partial charge in [0, 0.05) is 0 Å². The van der Waals surface area contributed by atoms with Crippen molar-refractivity contribution in [2.24, 2.45) is 0 Å². The van der Waals surface area contributed by atoms with Gasteiger partial charge in [-0.15, -0.1) is 0 Å². The van der Waals surface area contributed by atoms with Gasteiger partial charge >= 0.3 is 0 Å². The number of rotatable bonds is 0. The van der Waals surface area contributed by atoms with Crippen LogP contribution < -0.4 is 0 Å². The summed E-state index contributed by atoms with van der Waals surface area (Å²) in [5, 5.41) is 1.15. The topological polar surface area (TPSA) is 0 Å². The lowest BCUT2D eigenvalue weighted by atomic mass is 10.2. The Morgan fingerprint density at radius 3 is 0.923 bits per heavy atom. The fourth-order valence-electron chi connectivity index (χ4n) is 4.63. The standard InChI is InChI=1S/C12H26Si/c1-9-10(2)13(9,11(3,4)5)12(6,7)8/h9-10H,1-8H3/t9-,10+. The van der Waals surface area contributed by atoms with Gasteiger partial charge in [-0.05, 0) is 21.2 Å². The van der Waals surface area contributed by atoms with E-state index in [-0.39, 0.29) is 0 Å². The van der Waals surface area contributed by atoms with Crippen molar-refractivity contribution in [3.63, 3.8) is 0 Å². The van der Waals surface area contributed by atoms with E-state index in [1.165, 1.54) is 0 Å². The zero-order valence-corrected chi connectivity index (χ0v) is 11.7. The first kappa shape index (κ1) is 11.3. The molecule has 0 N–H and O–H groups in total. The largest absolute Gasteiger partial charge is 0.0700 e. The molecule has 0 aliphatic carbocycles. The summed E-state index contributed by atoms with van der Waals surface area (Å²) in [6, 6.07) is 0. The van der Waals surface area contributed by atoms with Crippen molar-refractivity contribution in [1.29, 1.82) is 0 Å². The van der Waals surface area contributed by atoms with E-state index in [4.69, 9.17) is 0 Å². The maximum absolute atomic E-state index is 2.48. The highest BCUT2D eigenvalue weighted by Gasteiger charge is 2.71. The molecule has 13 heavy (non-hydrogen) atoms. The van der Waals surface area contributed by atoms with Gasteiger partial charge in [0.1, 0.15) is 0 Å². The molecule has 0 unspecified atom stereocenters. The highest BCUT2D eigenvalue weighted by molar-refractivity contribution is 6.97. The van der Waals surface area contributed by atoms with Crippen LogP contribution in [0.25, 0.3) is 0 Å². The zero-order chi connectivity index (χ0) is 10.7. The molecule has 0 aromatic heterocycles. The normalized spacial score (nSPS) is 33.2. The molecule has 0 bridgehead atoms. The Morgan fingerprint density at radius 2 is 0.923 bits per heavy atom. The Bertz CT molecular complexity index is 180. The smallest absolute Gasteiger partial charge is 0.0649 e. The second-order valence-corrected chi connectivity index (χ2v) is 13.5.